The number of benzene rings is 2. The van der Waals surface area contributed by atoms with Gasteiger partial charge in [0, 0.05) is 18.5 Å². The molecule has 170 valence electrons. The number of carbonyl (C=O) groups excluding carboxylic acids is 1. The van der Waals surface area contributed by atoms with E-state index >= 15 is 0 Å². The van der Waals surface area contributed by atoms with Gasteiger partial charge in [0.15, 0.2) is 5.16 Å². The zero-order chi connectivity index (χ0) is 23.5. The zero-order valence-electron chi connectivity index (χ0n) is 19.2. The van der Waals surface area contributed by atoms with Gasteiger partial charge >= 0.3 is 0 Å². The number of rotatable bonds is 7. The van der Waals surface area contributed by atoms with Crippen LogP contribution in [-0.4, -0.2) is 33.2 Å². The van der Waals surface area contributed by atoms with Crippen LogP contribution in [0.4, 0.5) is 0 Å². The normalized spacial score (nSPS) is 11.3. The summed E-state index contributed by atoms with van der Waals surface area (Å²) in [6.07, 6.45) is 0. The van der Waals surface area contributed by atoms with Gasteiger partial charge in [-0.25, -0.2) is 4.98 Å². The van der Waals surface area contributed by atoms with Gasteiger partial charge in [0.1, 0.15) is 4.83 Å². The van der Waals surface area contributed by atoms with Gasteiger partial charge in [-0.2, -0.15) is 0 Å². The minimum Gasteiger partial charge on any atom is -0.334 e. The molecule has 2 aromatic heterocycles. The fourth-order valence-electron chi connectivity index (χ4n) is 3.98. The number of thiophene rings is 1. The molecule has 4 rings (SSSR count). The predicted octanol–water partition coefficient (Wildman–Crippen LogP) is 5.43. The third kappa shape index (κ3) is 4.61. The number of amides is 1. The van der Waals surface area contributed by atoms with E-state index in [1.165, 1.54) is 23.1 Å². The SMILES string of the molecule is CCn1c(SCC(=O)N(C)C(c2ccccc2)c2ccccc2)nc2sc(C)c(C)c2c1=O. The number of aryl methyl sites for hydroxylation is 2. The third-order valence-electron chi connectivity index (χ3n) is 5.91. The third-order valence-corrected chi connectivity index (χ3v) is 7.97. The number of fused-ring (bicyclic) bond motifs is 1. The van der Waals surface area contributed by atoms with E-state index in [1.807, 2.05) is 88.5 Å². The first kappa shape index (κ1) is 23.3. The van der Waals surface area contributed by atoms with Crippen LogP contribution in [0, 0.1) is 13.8 Å². The molecule has 0 spiro atoms. The Labute approximate surface area is 202 Å². The first-order valence-corrected chi connectivity index (χ1v) is 12.7. The second-order valence-electron chi connectivity index (χ2n) is 7.92. The van der Waals surface area contributed by atoms with Gasteiger partial charge in [-0.3, -0.25) is 14.2 Å². The molecule has 2 heterocycles. The standard InChI is InChI=1S/C26H27N3O2S2/c1-5-29-25(31)22-17(2)18(3)33-24(22)27-26(29)32-16-21(30)28(4)23(19-12-8-6-9-13-19)20-14-10-7-11-15-20/h6-15,23H,5,16H2,1-4H3. The summed E-state index contributed by atoms with van der Waals surface area (Å²) in [7, 11) is 1.84. The van der Waals surface area contributed by atoms with Gasteiger partial charge < -0.3 is 4.90 Å². The van der Waals surface area contributed by atoms with Crippen molar-refractivity contribution in [3.05, 3.63) is 92.6 Å². The lowest BCUT2D eigenvalue weighted by atomic mass is 9.97. The highest BCUT2D eigenvalue weighted by molar-refractivity contribution is 7.99. The van der Waals surface area contributed by atoms with Crippen molar-refractivity contribution >= 4 is 39.2 Å². The lowest BCUT2D eigenvalue weighted by Crippen LogP contribution is -2.33. The summed E-state index contributed by atoms with van der Waals surface area (Å²) in [5.74, 6) is 0.182. The number of hydrogen-bond acceptors (Lipinski definition) is 5. The average Bonchev–Trinajstić information content (AvgIpc) is 3.12. The van der Waals surface area contributed by atoms with Crippen LogP contribution in [0.2, 0.25) is 0 Å². The van der Waals surface area contributed by atoms with Gasteiger partial charge in [-0.1, -0.05) is 72.4 Å². The van der Waals surface area contributed by atoms with E-state index in [1.54, 1.807) is 9.47 Å². The van der Waals surface area contributed by atoms with Crippen molar-refractivity contribution in [3.63, 3.8) is 0 Å². The molecule has 0 fully saturated rings. The Morgan fingerprint density at radius 2 is 1.64 bits per heavy atom. The lowest BCUT2D eigenvalue weighted by molar-refractivity contribution is -0.128. The number of thioether (sulfide) groups is 1. The molecule has 0 aliphatic rings. The molecule has 2 aromatic carbocycles. The molecule has 5 nitrogen and oxygen atoms in total. The maximum atomic E-state index is 13.3. The minimum absolute atomic E-state index is 0.0201. The number of nitrogens with zero attached hydrogens (tertiary/aromatic N) is 3. The quantitative estimate of drug-likeness (QED) is 0.263. The van der Waals surface area contributed by atoms with Gasteiger partial charge in [-0.05, 0) is 37.5 Å². The molecule has 4 aromatic rings. The van der Waals surface area contributed by atoms with Crippen LogP contribution in [0.25, 0.3) is 10.2 Å². The summed E-state index contributed by atoms with van der Waals surface area (Å²) in [6.45, 7) is 6.42. The molecule has 0 N–H and O–H groups in total. The molecule has 1 amide bonds. The maximum absolute atomic E-state index is 13.3. The molecular formula is C26H27N3O2S2. The Kier molecular flexibility index (Phi) is 7.00. The van der Waals surface area contributed by atoms with Crippen molar-refractivity contribution in [3.8, 4) is 0 Å². The van der Waals surface area contributed by atoms with E-state index in [0.717, 1.165) is 26.4 Å². The van der Waals surface area contributed by atoms with E-state index in [-0.39, 0.29) is 23.3 Å². The Morgan fingerprint density at radius 3 is 2.18 bits per heavy atom. The summed E-state index contributed by atoms with van der Waals surface area (Å²) in [5, 5.41) is 1.29. The molecule has 0 atom stereocenters. The van der Waals surface area contributed by atoms with Crippen molar-refractivity contribution in [2.45, 2.75) is 38.5 Å². The van der Waals surface area contributed by atoms with E-state index in [0.29, 0.717) is 17.1 Å². The van der Waals surface area contributed by atoms with E-state index in [4.69, 9.17) is 4.98 Å². The summed E-state index contributed by atoms with van der Waals surface area (Å²) >= 11 is 2.86. The Bertz CT molecular complexity index is 1290. The Balaban J connectivity index is 1.61. The first-order chi connectivity index (χ1) is 15.9. The fourth-order valence-corrected chi connectivity index (χ4v) is 6.04. The summed E-state index contributed by atoms with van der Waals surface area (Å²) in [6, 6.07) is 19.9. The molecule has 0 unspecified atom stereocenters. The van der Waals surface area contributed by atoms with Crippen molar-refractivity contribution in [1.29, 1.82) is 0 Å². The van der Waals surface area contributed by atoms with Crippen LogP contribution < -0.4 is 5.56 Å². The van der Waals surface area contributed by atoms with Gasteiger partial charge in [0.2, 0.25) is 5.91 Å². The maximum Gasteiger partial charge on any atom is 0.263 e. The van der Waals surface area contributed by atoms with Crippen molar-refractivity contribution < 1.29 is 4.79 Å². The van der Waals surface area contributed by atoms with Crippen molar-refractivity contribution in [2.75, 3.05) is 12.8 Å². The van der Waals surface area contributed by atoms with Crippen molar-refractivity contribution in [2.24, 2.45) is 0 Å². The van der Waals surface area contributed by atoms with E-state index in [9.17, 15) is 9.59 Å². The van der Waals surface area contributed by atoms with Crippen LogP contribution in [0.5, 0.6) is 0 Å². The smallest absolute Gasteiger partial charge is 0.263 e. The topological polar surface area (TPSA) is 55.2 Å². The second-order valence-corrected chi connectivity index (χ2v) is 10.1. The largest absolute Gasteiger partial charge is 0.334 e. The molecule has 0 aliphatic heterocycles. The van der Waals surface area contributed by atoms with Crippen LogP contribution >= 0.6 is 23.1 Å². The lowest BCUT2D eigenvalue weighted by Gasteiger charge is -2.29. The van der Waals surface area contributed by atoms with Crippen LogP contribution in [0.3, 0.4) is 0 Å². The number of aromatic nitrogens is 2. The second kappa shape index (κ2) is 9.93. The molecule has 0 bridgehead atoms. The minimum atomic E-state index is -0.188. The highest BCUT2D eigenvalue weighted by Crippen LogP contribution is 2.30. The summed E-state index contributed by atoms with van der Waals surface area (Å²) in [4.78, 5) is 34.8. The summed E-state index contributed by atoms with van der Waals surface area (Å²) in [5.41, 5.74) is 3.08. The Hall–Kier alpha value is -2.90. The van der Waals surface area contributed by atoms with Crippen LogP contribution in [0.15, 0.2) is 70.6 Å². The highest BCUT2D eigenvalue weighted by atomic mass is 32.2. The molecule has 0 saturated heterocycles. The average molecular weight is 478 g/mol. The number of hydrogen-bond donors (Lipinski definition) is 0. The molecule has 33 heavy (non-hydrogen) atoms. The van der Waals surface area contributed by atoms with Gasteiger partial charge in [-0.15, -0.1) is 11.3 Å². The van der Waals surface area contributed by atoms with Crippen molar-refractivity contribution in [1.82, 2.24) is 14.5 Å². The highest BCUT2D eigenvalue weighted by Gasteiger charge is 2.24. The fraction of sp³-hybridized carbons (Fsp3) is 0.269. The molecule has 0 aliphatic carbocycles. The molecule has 0 radical (unpaired) electrons. The zero-order valence-corrected chi connectivity index (χ0v) is 20.9. The van der Waals surface area contributed by atoms with Gasteiger partial charge in [0.05, 0.1) is 17.2 Å². The first-order valence-electron chi connectivity index (χ1n) is 10.9. The van der Waals surface area contributed by atoms with Gasteiger partial charge in [0.25, 0.3) is 5.56 Å². The number of carbonyl (C=O) groups is 1. The van der Waals surface area contributed by atoms with Crippen LogP contribution in [0.1, 0.15) is 34.5 Å². The van der Waals surface area contributed by atoms with Crippen LogP contribution in [-0.2, 0) is 11.3 Å². The van der Waals surface area contributed by atoms with E-state index in [2.05, 4.69) is 0 Å². The predicted molar refractivity (Wildman–Crippen MR) is 137 cm³/mol. The van der Waals surface area contributed by atoms with E-state index < -0.39 is 0 Å². The Morgan fingerprint density at radius 1 is 1.06 bits per heavy atom. The molecule has 0 saturated carbocycles. The molecule has 7 heteroatoms. The summed E-state index contributed by atoms with van der Waals surface area (Å²) < 4.78 is 1.67. The monoisotopic (exact) mass is 477 g/mol. The molecular weight excluding hydrogens is 450 g/mol.